The molecule has 1 saturated carbocycles. The normalized spacial score (nSPS) is 28.6. The predicted molar refractivity (Wildman–Crippen MR) is 68.9 cm³/mol. The van der Waals surface area contributed by atoms with Gasteiger partial charge in [0.2, 0.25) is 0 Å². The fourth-order valence-electron chi connectivity index (χ4n) is 3.30. The van der Waals surface area contributed by atoms with Gasteiger partial charge in [0.25, 0.3) is 0 Å². The van der Waals surface area contributed by atoms with Gasteiger partial charge >= 0.3 is 0 Å². The standard InChI is InChI=1S/C15H20FNO/c16-11-6-7-14-12(8-11)13(17)9-15(18-14)10-4-2-1-3-5-10/h6-8,10,13,15H,1-5,9,17H2. The van der Waals surface area contributed by atoms with Gasteiger partial charge in [-0.15, -0.1) is 0 Å². The molecule has 2 unspecified atom stereocenters. The smallest absolute Gasteiger partial charge is 0.124 e. The van der Waals surface area contributed by atoms with Crippen molar-refractivity contribution in [2.45, 2.75) is 50.7 Å². The van der Waals surface area contributed by atoms with Gasteiger partial charge in [-0.3, -0.25) is 0 Å². The third-order valence-electron chi connectivity index (χ3n) is 4.31. The minimum Gasteiger partial charge on any atom is -0.490 e. The second-order valence-corrected chi connectivity index (χ2v) is 5.58. The Morgan fingerprint density at radius 1 is 1.17 bits per heavy atom. The molecule has 1 heterocycles. The summed E-state index contributed by atoms with van der Waals surface area (Å²) in [5, 5.41) is 0. The lowest BCUT2D eigenvalue weighted by atomic mass is 9.81. The second-order valence-electron chi connectivity index (χ2n) is 5.58. The van der Waals surface area contributed by atoms with Crippen LogP contribution >= 0.6 is 0 Å². The van der Waals surface area contributed by atoms with E-state index in [1.54, 1.807) is 6.07 Å². The minimum atomic E-state index is -0.232. The fourth-order valence-corrected chi connectivity index (χ4v) is 3.30. The molecule has 0 amide bonds. The lowest BCUT2D eigenvalue weighted by Gasteiger charge is -2.36. The first-order chi connectivity index (χ1) is 8.74. The molecule has 0 spiro atoms. The van der Waals surface area contributed by atoms with Crippen LogP contribution in [0, 0.1) is 11.7 Å². The summed E-state index contributed by atoms with van der Waals surface area (Å²) in [5.41, 5.74) is 6.99. The average Bonchev–Trinajstić information content (AvgIpc) is 2.40. The molecule has 0 bridgehead atoms. The molecule has 0 aromatic heterocycles. The Morgan fingerprint density at radius 3 is 2.72 bits per heavy atom. The van der Waals surface area contributed by atoms with Crippen LogP contribution in [0.5, 0.6) is 5.75 Å². The Labute approximate surface area is 107 Å². The zero-order chi connectivity index (χ0) is 12.5. The average molecular weight is 249 g/mol. The van der Waals surface area contributed by atoms with Crippen molar-refractivity contribution in [2.24, 2.45) is 11.7 Å². The van der Waals surface area contributed by atoms with E-state index in [9.17, 15) is 4.39 Å². The predicted octanol–water partition coefficient (Wildman–Crippen LogP) is 3.56. The number of hydrogen-bond donors (Lipinski definition) is 1. The van der Waals surface area contributed by atoms with E-state index in [4.69, 9.17) is 10.5 Å². The van der Waals surface area contributed by atoms with Crippen molar-refractivity contribution in [3.8, 4) is 5.75 Å². The van der Waals surface area contributed by atoms with Gasteiger partial charge in [-0.05, 0) is 37.0 Å². The Morgan fingerprint density at radius 2 is 1.94 bits per heavy atom. The Bertz CT molecular complexity index is 429. The van der Waals surface area contributed by atoms with Crippen LogP contribution in [0.2, 0.25) is 0 Å². The van der Waals surface area contributed by atoms with Crippen LogP contribution in [0.1, 0.15) is 50.1 Å². The van der Waals surface area contributed by atoms with E-state index in [1.165, 1.54) is 44.2 Å². The maximum Gasteiger partial charge on any atom is 0.124 e. The Hall–Kier alpha value is -1.09. The highest BCUT2D eigenvalue weighted by Crippen LogP contribution is 2.39. The number of hydrogen-bond acceptors (Lipinski definition) is 2. The highest BCUT2D eigenvalue weighted by Gasteiger charge is 2.32. The number of ether oxygens (including phenoxy) is 1. The van der Waals surface area contributed by atoms with E-state index in [-0.39, 0.29) is 18.0 Å². The van der Waals surface area contributed by atoms with Crippen molar-refractivity contribution in [2.75, 3.05) is 0 Å². The van der Waals surface area contributed by atoms with Gasteiger partial charge in [0.05, 0.1) is 0 Å². The van der Waals surface area contributed by atoms with Crippen molar-refractivity contribution in [1.82, 2.24) is 0 Å². The summed E-state index contributed by atoms with van der Waals surface area (Å²) in [6.07, 6.45) is 7.48. The molecule has 0 radical (unpaired) electrons. The van der Waals surface area contributed by atoms with E-state index >= 15 is 0 Å². The number of fused-ring (bicyclic) bond motifs is 1. The van der Waals surface area contributed by atoms with Crippen LogP contribution in [0.25, 0.3) is 0 Å². The third kappa shape index (κ3) is 2.24. The van der Waals surface area contributed by atoms with Crippen molar-refractivity contribution in [3.05, 3.63) is 29.6 Å². The minimum absolute atomic E-state index is 0.0867. The molecule has 2 atom stereocenters. The van der Waals surface area contributed by atoms with Gasteiger partial charge < -0.3 is 10.5 Å². The van der Waals surface area contributed by atoms with Gasteiger partial charge in [-0.2, -0.15) is 0 Å². The first-order valence-corrected chi connectivity index (χ1v) is 6.96. The first-order valence-electron chi connectivity index (χ1n) is 6.96. The summed E-state index contributed by atoms with van der Waals surface area (Å²) in [7, 11) is 0. The molecule has 98 valence electrons. The topological polar surface area (TPSA) is 35.2 Å². The van der Waals surface area contributed by atoms with E-state index < -0.39 is 0 Å². The molecule has 3 heteroatoms. The highest BCUT2D eigenvalue weighted by atomic mass is 19.1. The summed E-state index contributed by atoms with van der Waals surface area (Å²) in [6.45, 7) is 0. The number of rotatable bonds is 1. The molecule has 2 N–H and O–H groups in total. The largest absolute Gasteiger partial charge is 0.490 e. The number of halogens is 1. The Kier molecular flexibility index (Phi) is 3.25. The van der Waals surface area contributed by atoms with Crippen molar-refractivity contribution in [3.63, 3.8) is 0 Å². The van der Waals surface area contributed by atoms with Crippen LogP contribution < -0.4 is 10.5 Å². The van der Waals surface area contributed by atoms with E-state index in [2.05, 4.69) is 0 Å². The van der Waals surface area contributed by atoms with Crippen LogP contribution in [-0.4, -0.2) is 6.10 Å². The van der Waals surface area contributed by atoms with Gasteiger partial charge in [-0.25, -0.2) is 4.39 Å². The second kappa shape index (κ2) is 4.88. The molecular formula is C15H20FNO. The van der Waals surface area contributed by atoms with Crippen molar-refractivity contribution >= 4 is 0 Å². The van der Waals surface area contributed by atoms with Crippen LogP contribution in [0.3, 0.4) is 0 Å². The quantitative estimate of drug-likeness (QED) is 0.826. The van der Waals surface area contributed by atoms with Crippen molar-refractivity contribution in [1.29, 1.82) is 0 Å². The molecule has 1 aromatic carbocycles. The number of nitrogens with two attached hydrogens (primary N) is 1. The van der Waals surface area contributed by atoms with Crippen LogP contribution in [-0.2, 0) is 0 Å². The molecule has 18 heavy (non-hydrogen) atoms. The zero-order valence-electron chi connectivity index (χ0n) is 10.6. The van der Waals surface area contributed by atoms with Gasteiger partial charge in [0.1, 0.15) is 17.7 Å². The SMILES string of the molecule is NC1CC(C2CCCCC2)Oc2ccc(F)cc21. The fraction of sp³-hybridized carbons (Fsp3) is 0.600. The summed E-state index contributed by atoms with van der Waals surface area (Å²) in [5.74, 6) is 1.18. The zero-order valence-corrected chi connectivity index (χ0v) is 10.6. The molecular weight excluding hydrogens is 229 g/mol. The van der Waals surface area contributed by atoms with E-state index in [1.807, 2.05) is 0 Å². The molecule has 1 fully saturated rings. The molecule has 1 aliphatic carbocycles. The molecule has 1 aromatic rings. The maximum absolute atomic E-state index is 13.2. The van der Waals surface area contributed by atoms with Gasteiger partial charge in [-0.1, -0.05) is 19.3 Å². The summed E-state index contributed by atoms with van der Waals surface area (Å²) in [6, 6.07) is 4.60. The molecule has 3 rings (SSSR count). The monoisotopic (exact) mass is 249 g/mol. The highest BCUT2D eigenvalue weighted by molar-refractivity contribution is 5.38. The number of benzene rings is 1. The van der Waals surface area contributed by atoms with Gasteiger partial charge in [0.15, 0.2) is 0 Å². The van der Waals surface area contributed by atoms with E-state index in [0.717, 1.165) is 17.7 Å². The lowest BCUT2D eigenvalue weighted by molar-refractivity contribution is 0.0782. The summed E-state index contributed by atoms with van der Waals surface area (Å²) in [4.78, 5) is 0. The molecule has 0 saturated heterocycles. The first kappa shape index (κ1) is 12.0. The third-order valence-corrected chi connectivity index (χ3v) is 4.31. The van der Waals surface area contributed by atoms with Crippen LogP contribution in [0.4, 0.5) is 4.39 Å². The van der Waals surface area contributed by atoms with Gasteiger partial charge in [0, 0.05) is 18.0 Å². The molecule has 2 nitrogen and oxygen atoms in total. The molecule has 1 aliphatic heterocycles. The van der Waals surface area contributed by atoms with Crippen molar-refractivity contribution < 1.29 is 9.13 Å². The Balaban J connectivity index is 1.80. The van der Waals surface area contributed by atoms with Crippen LogP contribution in [0.15, 0.2) is 18.2 Å². The molecule has 2 aliphatic rings. The summed E-state index contributed by atoms with van der Waals surface area (Å²) >= 11 is 0. The maximum atomic E-state index is 13.2. The lowest BCUT2D eigenvalue weighted by Crippen LogP contribution is -2.36. The van der Waals surface area contributed by atoms with E-state index in [0.29, 0.717) is 5.92 Å². The summed E-state index contributed by atoms with van der Waals surface area (Å²) < 4.78 is 19.3.